The first-order valence-electron chi connectivity index (χ1n) is 8.29. The smallest absolute Gasteiger partial charge is 0.120 e. The van der Waals surface area contributed by atoms with Crippen LogP contribution in [0.25, 0.3) is 0 Å². The number of aliphatic hydroxyl groups is 1. The van der Waals surface area contributed by atoms with Crippen molar-refractivity contribution in [2.24, 2.45) is 0 Å². The number of hydrogen-bond acceptors (Lipinski definition) is 4. The molecule has 1 fully saturated rings. The third-order valence-electron chi connectivity index (χ3n) is 4.20. The molecule has 0 bridgehead atoms. The molecule has 0 aromatic heterocycles. The van der Waals surface area contributed by atoms with Crippen LogP contribution in [0.4, 0.5) is 5.69 Å². The van der Waals surface area contributed by atoms with Crippen molar-refractivity contribution in [1.82, 2.24) is 4.90 Å². The third-order valence-corrected chi connectivity index (χ3v) is 4.69. The Morgan fingerprint density at radius 2 is 1.75 bits per heavy atom. The van der Waals surface area contributed by atoms with Crippen molar-refractivity contribution in [3.63, 3.8) is 0 Å². The van der Waals surface area contributed by atoms with E-state index in [0.717, 1.165) is 36.4 Å². The molecule has 1 heterocycles. The molecular weight excluding hydrogens is 368 g/mol. The van der Waals surface area contributed by atoms with Crippen LogP contribution < -0.4 is 9.64 Å². The van der Waals surface area contributed by atoms with Gasteiger partial charge >= 0.3 is 0 Å². The van der Waals surface area contributed by atoms with Crippen LogP contribution in [0.3, 0.4) is 0 Å². The minimum atomic E-state index is -0.479. The molecule has 1 aliphatic rings. The minimum absolute atomic E-state index is 0.315. The van der Waals surface area contributed by atoms with E-state index in [-0.39, 0.29) is 0 Å². The zero-order valence-electron chi connectivity index (χ0n) is 13.6. The molecule has 0 saturated carbocycles. The maximum Gasteiger partial charge on any atom is 0.120 e. The number of benzene rings is 2. The highest BCUT2D eigenvalue weighted by molar-refractivity contribution is 9.10. The lowest BCUT2D eigenvalue weighted by Crippen LogP contribution is -2.49. The van der Waals surface area contributed by atoms with E-state index in [4.69, 9.17) is 4.74 Å². The predicted octanol–water partition coefficient (Wildman–Crippen LogP) is 3.01. The van der Waals surface area contributed by atoms with Crippen molar-refractivity contribution in [3.05, 3.63) is 59.1 Å². The summed E-state index contributed by atoms with van der Waals surface area (Å²) < 4.78 is 6.64. The van der Waals surface area contributed by atoms with E-state index in [1.165, 1.54) is 5.69 Å². The number of aliphatic hydroxyl groups excluding tert-OH is 1. The van der Waals surface area contributed by atoms with E-state index in [2.05, 4.69) is 50.0 Å². The summed E-state index contributed by atoms with van der Waals surface area (Å²) in [6, 6.07) is 18.2. The van der Waals surface area contributed by atoms with Gasteiger partial charge in [-0.15, -0.1) is 0 Å². The van der Waals surface area contributed by atoms with Crippen LogP contribution in [-0.2, 0) is 0 Å². The fourth-order valence-corrected chi connectivity index (χ4v) is 3.31. The summed E-state index contributed by atoms with van der Waals surface area (Å²) in [5.74, 6) is 0.775. The molecule has 1 unspecified atom stereocenters. The molecule has 5 heteroatoms. The van der Waals surface area contributed by atoms with Crippen LogP contribution in [0.1, 0.15) is 0 Å². The lowest BCUT2D eigenvalue weighted by molar-refractivity contribution is 0.0663. The molecule has 24 heavy (non-hydrogen) atoms. The van der Waals surface area contributed by atoms with Gasteiger partial charge in [0, 0.05) is 42.9 Å². The molecule has 0 amide bonds. The maximum atomic E-state index is 10.2. The Hall–Kier alpha value is -1.56. The summed E-state index contributed by atoms with van der Waals surface area (Å²) in [5.41, 5.74) is 1.27. The van der Waals surface area contributed by atoms with Crippen molar-refractivity contribution >= 4 is 21.6 Å². The number of nitrogens with zero attached hydrogens (tertiary/aromatic N) is 2. The Morgan fingerprint density at radius 1 is 1.00 bits per heavy atom. The predicted molar refractivity (Wildman–Crippen MR) is 101 cm³/mol. The highest BCUT2D eigenvalue weighted by Crippen LogP contribution is 2.18. The number of para-hydroxylation sites is 1. The number of piperazine rings is 1. The SMILES string of the molecule is OC(COc1cccc(Br)c1)CN1CCN(c2ccccc2)CC1. The summed E-state index contributed by atoms with van der Waals surface area (Å²) in [7, 11) is 0. The van der Waals surface area contributed by atoms with Gasteiger partial charge in [0.1, 0.15) is 18.5 Å². The van der Waals surface area contributed by atoms with Crippen LogP contribution in [0.5, 0.6) is 5.75 Å². The van der Waals surface area contributed by atoms with Crippen LogP contribution in [0.15, 0.2) is 59.1 Å². The van der Waals surface area contributed by atoms with Crippen molar-refractivity contribution in [1.29, 1.82) is 0 Å². The Labute approximate surface area is 151 Å². The maximum absolute atomic E-state index is 10.2. The van der Waals surface area contributed by atoms with Gasteiger partial charge in [0.15, 0.2) is 0 Å². The molecule has 1 aliphatic heterocycles. The zero-order chi connectivity index (χ0) is 16.8. The standard InChI is InChI=1S/C19H23BrN2O2/c20-16-5-4-8-19(13-16)24-15-18(23)14-21-9-11-22(12-10-21)17-6-2-1-3-7-17/h1-8,13,18,23H,9-12,14-15H2. The summed E-state index contributed by atoms with van der Waals surface area (Å²) in [5, 5.41) is 10.2. The normalized spacial score (nSPS) is 16.8. The molecule has 2 aromatic carbocycles. The molecule has 128 valence electrons. The monoisotopic (exact) mass is 390 g/mol. The minimum Gasteiger partial charge on any atom is -0.491 e. The quantitative estimate of drug-likeness (QED) is 0.822. The molecule has 2 aromatic rings. The second-order valence-electron chi connectivity index (χ2n) is 6.05. The molecule has 0 radical (unpaired) electrons. The van der Waals surface area contributed by atoms with Crippen molar-refractivity contribution in [3.8, 4) is 5.75 Å². The summed E-state index contributed by atoms with van der Waals surface area (Å²) in [6.45, 7) is 4.87. The zero-order valence-corrected chi connectivity index (χ0v) is 15.2. The van der Waals surface area contributed by atoms with E-state index >= 15 is 0 Å². The van der Waals surface area contributed by atoms with Gasteiger partial charge in [-0.2, -0.15) is 0 Å². The molecule has 1 N–H and O–H groups in total. The fraction of sp³-hybridized carbons (Fsp3) is 0.368. The summed E-state index contributed by atoms with van der Waals surface area (Å²) in [6.07, 6.45) is -0.479. The first-order valence-corrected chi connectivity index (χ1v) is 9.09. The van der Waals surface area contributed by atoms with Gasteiger partial charge < -0.3 is 14.7 Å². The number of rotatable bonds is 6. The van der Waals surface area contributed by atoms with Gasteiger partial charge in [-0.05, 0) is 30.3 Å². The third kappa shape index (κ3) is 4.97. The number of hydrogen-bond donors (Lipinski definition) is 1. The highest BCUT2D eigenvalue weighted by Gasteiger charge is 2.19. The molecule has 0 spiro atoms. The van der Waals surface area contributed by atoms with Gasteiger partial charge in [-0.25, -0.2) is 0 Å². The van der Waals surface area contributed by atoms with Crippen LogP contribution in [0.2, 0.25) is 0 Å². The summed E-state index contributed by atoms with van der Waals surface area (Å²) >= 11 is 3.42. The Bertz CT molecular complexity index is 630. The van der Waals surface area contributed by atoms with Crippen LogP contribution in [0, 0.1) is 0 Å². The molecule has 3 rings (SSSR count). The average Bonchev–Trinajstić information content (AvgIpc) is 2.61. The first-order chi connectivity index (χ1) is 11.7. The Kier molecular flexibility index (Phi) is 6.12. The average molecular weight is 391 g/mol. The lowest BCUT2D eigenvalue weighted by atomic mass is 10.2. The number of halogens is 1. The molecular formula is C19H23BrN2O2. The summed E-state index contributed by atoms with van der Waals surface area (Å²) in [4.78, 5) is 4.69. The highest BCUT2D eigenvalue weighted by atomic mass is 79.9. The number of anilines is 1. The van der Waals surface area contributed by atoms with Crippen LogP contribution in [-0.4, -0.2) is 55.4 Å². The van der Waals surface area contributed by atoms with E-state index in [1.807, 2.05) is 30.3 Å². The van der Waals surface area contributed by atoms with Gasteiger partial charge in [-0.1, -0.05) is 40.2 Å². The largest absolute Gasteiger partial charge is 0.491 e. The molecule has 4 nitrogen and oxygen atoms in total. The van der Waals surface area contributed by atoms with Gasteiger partial charge in [0.05, 0.1) is 0 Å². The van der Waals surface area contributed by atoms with E-state index in [1.54, 1.807) is 0 Å². The van der Waals surface area contributed by atoms with Gasteiger partial charge in [0.25, 0.3) is 0 Å². The Morgan fingerprint density at radius 3 is 2.46 bits per heavy atom. The number of β-amino-alcohol motifs (C(OH)–C–C–N with tert-alkyl or cyclic N) is 1. The van der Waals surface area contributed by atoms with E-state index in [0.29, 0.717) is 13.2 Å². The topological polar surface area (TPSA) is 35.9 Å². The van der Waals surface area contributed by atoms with Crippen molar-refractivity contribution in [2.45, 2.75) is 6.10 Å². The lowest BCUT2D eigenvalue weighted by Gasteiger charge is -2.36. The molecule has 1 saturated heterocycles. The Balaban J connectivity index is 1.41. The second kappa shape index (κ2) is 8.51. The number of ether oxygens (including phenoxy) is 1. The molecule has 1 atom stereocenters. The van der Waals surface area contributed by atoms with E-state index in [9.17, 15) is 5.11 Å². The van der Waals surface area contributed by atoms with E-state index < -0.39 is 6.10 Å². The first kappa shape index (κ1) is 17.3. The fourth-order valence-electron chi connectivity index (χ4n) is 2.93. The van der Waals surface area contributed by atoms with Gasteiger partial charge in [-0.3, -0.25) is 4.90 Å². The second-order valence-corrected chi connectivity index (χ2v) is 6.96. The van der Waals surface area contributed by atoms with Crippen LogP contribution >= 0.6 is 15.9 Å². The molecule has 0 aliphatic carbocycles. The van der Waals surface area contributed by atoms with Crippen molar-refractivity contribution < 1.29 is 9.84 Å². The van der Waals surface area contributed by atoms with Gasteiger partial charge in [0.2, 0.25) is 0 Å². The van der Waals surface area contributed by atoms with Crippen molar-refractivity contribution in [2.75, 3.05) is 44.2 Å².